The van der Waals surface area contributed by atoms with Gasteiger partial charge in [-0.05, 0) is 22.8 Å². The molecule has 0 amide bonds. The zero-order valence-corrected chi connectivity index (χ0v) is 12.8. The predicted octanol–water partition coefficient (Wildman–Crippen LogP) is 4.71. The third-order valence-corrected chi connectivity index (χ3v) is 4.83. The third kappa shape index (κ3) is 1.66. The molecule has 21 heavy (non-hydrogen) atoms. The molecule has 1 unspecified atom stereocenters. The van der Waals surface area contributed by atoms with Gasteiger partial charge in [0, 0.05) is 15.6 Å². The monoisotopic (exact) mass is 336 g/mol. The lowest BCUT2D eigenvalue weighted by Gasteiger charge is -2.27. The average molecular weight is 337 g/mol. The van der Waals surface area contributed by atoms with Gasteiger partial charge in [-0.1, -0.05) is 82.7 Å². The molecule has 1 aliphatic rings. The van der Waals surface area contributed by atoms with Gasteiger partial charge in [0.25, 0.3) is 0 Å². The van der Waals surface area contributed by atoms with Crippen LogP contribution in [-0.4, -0.2) is 5.11 Å². The van der Waals surface area contributed by atoms with E-state index in [1.54, 1.807) is 0 Å². The van der Waals surface area contributed by atoms with Crippen molar-refractivity contribution in [2.75, 3.05) is 0 Å². The molecule has 0 bridgehead atoms. The predicted molar refractivity (Wildman–Crippen MR) is 88.1 cm³/mol. The third-order valence-electron chi connectivity index (χ3n) is 4.17. The molecule has 0 aromatic heterocycles. The number of hydrogen-bond acceptors (Lipinski definition) is 1. The van der Waals surface area contributed by atoms with Gasteiger partial charge in [0.15, 0.2) is 0 Å². The van der Waals surface area contributed by atoms with Crippen molar-refractivity contribution in [2.45, 2.75) is 5.60 Å². The summed E-state index contributed by atoms with van der Waals surface area (Å²) in [5.74, 6) is 0. The van der Waals surface area contributed by atoms with Gasteiger partial charge in [-0.15, -0.1) is 0 Å². The van der Waals surface area contributed by atoms with Crippen LogP contribution in [0, 0.1) is 0 Å². The molecule has 4 rings (SSSR count). The molecule has 0 saturated carbocycles. The van der Waals surface area contributed by atoms with Crippen molar-refractivity contribution in [3.05, 3.63) is 94.0 Å². The summed E-state index contributed by atoms with van der Waals surface area (Å²) in [7, 11) is 0. The summed E-state index contributed by atoms with van der Waals surface area (Å²) >= 11 is 3.62. The molecule has 0 aliphatic heterocycles. The van der Waals surface area contributed by atoms with Gasteiger partial charge in [0.05, 0.1) is 0 Å². The van der Waals surface area contributed by atoms with Crippen molar-refractivity contribution in [3.63, 3.8) is 0 Å². The second kappa shape index (κ2) is 4.55. The molecule has 0 saturated heterocycles. The number of benzene rings is 3. The van der Waals surface area contributed by atoms with E-state index >= 15 is 0 Å². The molecule has 0 fully saturated rings. The lowest BCUT2D eigenvalue weighted by atomic mass is 9.84. The molecule has 1 nitrogen and oxygen atoms in total. The highest BCUT2D eigenvalue weighted by Crippen LogP contribution is 2.52. The van der Waals surface area contributed by atoms with E-state index < -0.39 is 5.60 Å². The Kier molecular flexibility index (Phi) is 2.78. The average Bonchev–Trinajstić information content (AvgIpc) is 2.81. The van der Waals surface area contributed by atoms with Crippen LogP contribution in [0.1, 0.15) is 16.7 Å². The van der Waals surface area contributed by atoms with Crippen LogP contribution in [0.25, 0.3) is 11.1 Å². The Hall–Kier alpha value is -1.90. The molecule has 0 heterocycles. The summed E-state index contributed by atoms with van der Waals surface area (Å²) in [5.41, 5.74) is 3.85. The molecule has 0 radical (unpaired) electrons. The van der Waals surface area contributed by atoms with E-state index in [9.17, 15) is 5.11 Å². The van der Waals surface area contributed by atoms with Crippen LogP contribution in [0.3, 0.4) is 0 Å². The van der Waals surface area contributed by atoms with E-state index in [0.29, 0.717) is 0 Å². The topological polar surface area (TPSA) is 20.2 Å². The fourth-order valence-corrected chi connectivity index (χ4v) is 3.92. The van der Waals surface area contributed by atoms with Crippen LogP contribution in [0.15, 0.2) is 77.3 Å². The van der Waals surface area contributed by atoms with E-state index in [1.807, 2.05) is 60.7 Å². The summed E-state index contributed by atoms with van der Waals surface area (Å²) < 4.78 is 0.933. The van der Waals surface area contributed by atoms with Gasteiger partial charge in [-0.2, -0.15) is 0 Å². The zero-order chi connectivity index (χ0) is 14.4. The number of rotatable bonds is 1. The number of halogens is 1. The summed E-state index contributed by atoms with van der Waals surface area (Å²) in [6, 6.07) is 24.0. The smallest absolute Gasteiger partial charge is 0.142 e. The van der Waals surface area contributed by atoms with Gasteiger partial charge in [-0.25, -0.2) is 0 Å². The highest BCUT2D eigenvalue weighted by atomic mass is 79.9. The summed E-state index contributed by atoms with van der Waals surface area (Å²) in [5, 5.41) is 11.6. The highest BCUT2D eigenvalue weighted by molar-refractivity contribution is 9.10. The van der Waals surface area contributed by atoms with E-state index in [2.05, 4.69) is 28.1 Å². The van der Waals surface area contributed by atoms with Gasteiger partial charge in [0.2, 0.25) is 0 Å². The second-order valence-corrected chi connectivity index (χ2v) is 6.14. The number of hydrogen-bond donors (Lipinski definition) is 1. The first kappa shape index (κ1) is 12.8. The van der Waals surface area contributed by atoms with Crippen molar-refractivity contribution in [1.82, 2.24) is 0 Å². The maximum absolute atomic E-state index is 11.6. The Balaban J connectivity index is 2.13. The minimum atomic E-state index is -1.10. The van der Waals surface area contributed by atoms with Crippen LogP contribution in [0.5, 0.6) is 0 Å². The van der Waals surface area contributed by atoms with Crippen molar-refractivity contribution in [2.24, 2.45) is 0 Å². The number of aliphatic hydroxyl groups is 1. The molecular formula is C19H13BrO. The van der Waals surface area contributed by atoms with Crippen molar-refractivity contribution >= 4 is 15.9 Å². The fourth-order valence-electron chi connectivity index (χ4n) is 3.26. The molecule has 1 N–H and O–H groups in total. The van der Waals surface area contributed by atoms with Crippen molar-refractivity contribution in [3.8, 4) is 11.1 Å². The second-order valence-electron chi connectivity index (χ2n) is 5.28. The standard InChI is InChI=1S/C19H13BrO/c20-17-12-6-10-15-14-9-4-5-11-16(14)19(21,18(15)17)13-7-2-1-3-8-13/h1-12,21H. The highest BCUT2D eigenvalue weighted by Gasteiger charge is 2.44. The fraction of sp³-hybridized carbons (Fsp3) is 0.0526. The quantitative estimate of drug-likeness (QED) is 0.682. The first-order valence-corrected chi connectivity index (χ1v) is 7.69. The maximum atomic E-state index is 11.6. The summed E-state index contributed by atoms with van der Waals surface area (Å²) in [4.78, 5) is 0. The van der Waals surface area contributed by atoms with Crippen LogP contribution >= 0.6 is 15.9 Å². The van der Waals surface area contributed by atoms with Crippen molar-refractivity contribution < 1.29 is 5.11 Å². The molecular weight excluding hydrogens is 324 g/mol. The Morgan fingerprint density at radius 2 is 1.38 bits per heavy atom. The maximum Gasteiger partial charge on any atom is 0.142 e. The first-order valence-electron chi connectivity index (χ1n) is 6.89. The zero-order valence-electron chi connectivity index (χ0n) is 11.3. The van der Waals surface area contributed by atoms with E-state index in [4.69, 9.17) is 0 Å². The lowest BCUT2D eigenvalue weighted by Crippen LogP contribution is -2.26. The Morgan fingerprint density at radius 1 is 0.714 bits per heavy atom. The van der Waals surface area contributed by atoms with Gasteiger partial charge >= 0.3 is 0 Å². The molecule has 1 atom stereocenters. The van der Waals surface area contributed by atoms with Crippen LogP contribution < -0.4 is 0 Å². The summed E-state index contributed by atoms with van der Waals surface area (Å²) in [6.07, 6.45) is 0. The van der Waals surface area contributed by atoms with Gasteiger partial charge in [0.1, 0.15) is 5.60 Å². The normalized spacial score (nSPS) is 19.1. The number of fused-ring (bicyclic) bond motifs is 3. The SMILES string of the molecule is OC1(c2ccccc2)c2ccccc2-c2cccc(Br)c21. The lowest BCUT2D eigenvalue weighted by molar-refractivity contribution is 0.130. The summed E-state index contributed by atoms with van der Waals surface area (Å²) in [6.45, 7) is 0. The molecule has 3 aromatic carbocycles. The minimum Gasteiger partial charge on any atom is -0.376 e. The van der Waals surface area contributed by atoms with Gasteiger partial charge in [-0.3, -0.25) is 0 Å². The molecule has 3 aromatic rings. The van der Waals surface area contributed by atoms with Crippen LogP contribution in [0.2, 0.25) is 0 Å². The largest absolute Gasteiger partial charge is 0.376 e. The van der Waals surface area contributed by atoms with Crippen molar-refractivity contribution in [1.29, 1.82) is 0 Å². The van der Waals surface area contributed by atoms with Crippen LogP contribution in [0.4, 0.5) is 0 Å². The first-order chi connectivity index (χ1) is 10.2. The van der Waals surface area contributed by atoms with Gasteiger partial charge < -0.3 is 5.11 Å². The molecule has 2 heteroatoms. The Labute approximate surface area is 132 Å². The van der Waals surface area contributed by atoms with E-state index in [0.717, 1.165) is 32.3 Å². The van der Waals surface area contributed by atoms with Crippen LogP contribution in [-0.2, 0) is 5.60 Å². The Bertz CT molecular complexity index is 826. The van der Waals surface area contributed by atoms with E-state index in [-0.39, 0.29) is 0 Å². The molecule has 1 aliphatic carbocycles. The molecule has 0 spiro atoms. The Morgan fingerprint density at radius 3 is 2.19 bits per heavy atom. The minimum absolute atomic E-state index is 0.892. The van der Waals surface area contributed by atoms with E-state index in [1.165, 1.54) is 0 Å². The molecule has 102 valence electrons.